The third-order valence-corrected chi connectivity index (χ3v) is 5.74. The highest BCUT2D eigenvalue weighted by Crippen LogP contribution is 2.40. The molecular formula is C27H29NO2. The molecule has 3 heteroatoms. The summed E-state index contributed by atoms with van der Waals surface area (Å²) in [6, 6.07) is 19.8. The summed E-state index contributed by atoms with van der Waals surface area (Å²) in [4.78, 5) is 12.7. The van der Waals surface area contributed by atoms with Gasteiger partial charge in [-0.15, -0.1) is 0 Å². The van der Waals surface area contributed by atoms with Gasteiger partial charge >= 0.3 is 5.97 Å². The summed E-state index contributed by atoms with van der Waals surface area (Å²) in [5.41, 5.74) is 4.13. The minimum atomic E-state index is -0.377. The first-order valence-electron chi connectivity index (χ1n) is 10.8. The van der Waals surface area contributed by atoms with E-state index in [0.29, 0.717) is 23.7 Å². The minimum Gasteiger partial charge on any atom is -0.463 e. The van der Waals surface area contributed by atoms with E-state index in [1.165, 1.54) is 32.1 Å². The average molecular weight is 400 g/mol. The zero-order valence-corrected chi connectivity index (χ0v) is 17.6. The van der Waals surface area contributed by atoms with Crippen LogP contribution >= 0.6 is 0 Å². The Morgan fingerprint density at radius 2 is 1.80 bits per heavy atom. The van der Waals surface area contributed by atoms with Crippen LogP contribution in [0.2, 0.25) is 0 Å². The number of hydrogen-bond acceptors (Lipinski definition) is 3. The highest BCUT2D eigenvalue weighted by atomic mass is 16.5. The summed E-state index contributed by atoms with van der Waals surface area (Å²) in [5, 5.41) is 9.18. The molecule has 0 saturated heterocycles. The fourth-order valence-corrected chi connectivity index (χ4v) is 4.20. The minimum absolute atomic E-state index is 0.310. The molecule has 1 fully saturated rings. The van der Waals surface area contributed by atoms with Gasteiger partial charge in [0.05, 0.1) is 18.2 Å². The molecule has 2 aromatic carbocycles. The predicted octanol–water partition coefficient (Wildman–Crippen LogP) is 6.43. The number of benzene rings is 2. The largest absolute Gasteiger partial charge is 0.463 e. The number of hydrogen-bond donors (Lipinski definition) is 0. The standard InChI is InChI=1S/C27H29NO2/c1-3-30-27(29)20(2)26(24-16-14-22(19-28)15-17-24)25(23-12-8-5-9-13-23)18-21-10-6-4-7-11-21/h5,8-9,12-18,21,26H,2-4,6-7,10-11H2,1H3/b25-18+. The Kier molecular flexibility index (Phi) is 7.63. The molecule has 0 radical (unpaired) electrons. The van der Waals surface area contributed by atoms with Gasteiger partial charge in [-0.2, -0.15) is 5.26 Å². The molecule has 1 atom stereocenters. The van der Waals surface area contributed by atoms with Crippen LogP contribution in [0, 0.1) is 17.2 Å². The molecule has 1 unspecified atom stereocenters. The van der Waals surface area contributed by atoms with Crippen molar-refractivity contribution < 1.29 is 9.53 Å². The fourth-order valence-electron chi connectivity index (χ4n) is 4.20. The van der Waals surface area contributed by atoms with Gasteiger partial charge < -0.3 is 4.74 Å². The number of nitrogens with zero attached hydrogens (tertiary/aromatic N) is 1. The van der Waals surface area contributed by atoms with E-state index in [9.17, 15) is 10.1 Å². The highest BCUT2D eigenvalue weighted by molar-refractivity contribution is 5.94. The molecule has 30 heavy (non-hydrogen) atoms. The molecule has 154 valence electrons. The van der Waals surface area contributed by atoms with Gasteiger partial charge in [0.25, 0.3) is 0 Å². The SMILES string of the molecule is C=C(C(=O)OCC)C(/C(=C/C1CCCCC1)c1ccccc1)c1ccc(C#N)cc1. The lowest BCUT2D eigenvalue weighted by Crippen LogP contribution is -2.16. The van der Waals surface area contributed by atoms with Gasteiger partial charge in [0.2, 0.25) is 0 Å². The Morgan fingerprint density at radius 1 is 1.13 bits per heavy atom. The summed E-state index contributed by atoms with van der Waals surface area (Å²) >= 11 is 0. The molecule has 0 aliphatic heterocycles. The summed E-state index contributed by atoms with van der Waals surface area (Å²) in [5.74, 6) is -0.205. The maximum absolute atomic E-state index is 12.7. The van der Waals surface area contributed by atoms with Gasteiger partial charge in [-0.25, -0.2) is 4.79 Å². The monoisotopic (exact) mass is 399 g/mol. The Labute approximate surface area is 179 Å². The molecule has 0 amide bonds. The van der Waals surface area contributed by atoms with E-state index in [1.807, 2.05) is 30.3 Å². The van der Waals surface area contributed by atoms with E-state index < -0.39 is 0 Å². The van der Waals surface area contributed by atoms with Gasteiger partial charge in [0.1, 0.15) is 0 Å². The Morgan fingerprint density at radius 3 is 2.40 bits per heavy atom. The van der Waals surface area contributed by atoms with E-state index in [-0.39, 0.29) is 11.9 Å². The first-order valence-corrected chi connectivity index (χ1v) is 10.8. The predicted molar refractivity (Wildman–Crippen MR) is 121 cm³/mol. The van der Waals surface area contributed by atoms with Crippen LogP contribution in [0.3, 0.4) is 0 Å². The summed E-state index contributed by atoms with van der Waals surface area (Å²) in [6.45, 7) is 6.27. The zero-order chi connectivity index (χ0) is 21.3. The second-order valence-corrected chi connectivity index (χ2v) is 7.80. The second kappa shape index (κ2) is 10.6. The van der Waals surface area contributed by atoms with Gasteiger partial charge in [0, 0.05) is 11.5 Å². The average Bonchev–Trinajstić information content (AvgIpc) is 2.80. The Bertz CT molecular complexity index is 929. The van der Waals surface area contributed by atoms with Crippen molar-refractivity contribution in [2.24, 2.45) is 5.92 Å². The van der Waals surface area contributed by atoms with Crippen molar-refractivity contribution >= 4 is 11.5 Å². The van der Waals surface area contributed by atoms with Crippen molar-refractivity contribution in [2.45, 2.75) is 44.9 Å². The maximum atomic E-state index is 12.7. The van der Waals surface area contributed by atoms with E-state index in [0.717, 1.165) is 16.7 Å². The number of ether oxygens (including phenoxy) is 1. The third kappa shape index (κ3) is 5.27. The van der Waals surface area contributed by atoms with Crippen molar-refractivity contribution in [3.8, 4) is 6.07 Å². The molecule has 3 rings (SSSR count). The van der Waals surface area contributed by atoms with Crippen LogP contribution in [-0.2, 0) is 9.53 Å². The molecule has 0 bridgehead atoms. The Balaban J connectivity index is 2.11. The number of carbonyl (C=O) groups is 1. The first-order chi connectivity index (χ1) is 14.6. The number of esters is 1. The number of nitriles is 1. The summed E-state index contributed by atoms with van der Waals surface area (Å²) < 4.78 is 5.31. The van der Waals surface area contributed by atoms with Crippen LogP contribution in [0.25, 0.3) is 5.57 Å². The molecule has 0 spiro atoms. The molecule has 3 nitrogen and oxygen atoms in total. The maximum Gasteiger partial charge on any atom is 0.334 e. The molecular weight excluding hydrogens is 370 g/mol. The number of rotatable bonds is 7. The first kappa shape index (κ1) is 21.6. The Hall–Kier alpha value is -3.12. The molecule has 0 aromatic heterocycles. The normalized spacial score (nSPS) is 15.8. The van der Waals surface area contributed by atoms with Crippen LogP contribution in [0.5, 0.6) is 0 Å². The van der Waals surface area contributed by atoms with Gasteiger partial charge in [-0.05, 0) is 54.5 Å². The van der Waals surface area contributed by atoms with E-state index in [1.54, 1.807) is 19.1 Å². The van der Waals surface area contributed by atoms with Gasteiger partial charge in [0.15, 0.2) is 0 Å². The van der Waals surface area contributed by atoms with Crippen molar-refractivity contribution in [1.82, 2.24) is 0 Å². The van der Waals surface area contributed by atoms with Crippen LogP contribution in [0.1, 0.15) is 61.6 Å². The number of allylic oxidation sites excluding steroid dienone is 2. The molecule has 2 aromatic rings. The quantitative estimate of drug-likeness (QED) is 0.398. The second-order valence-electron chi connectivity index (χ2n) is 7.80. The lowest BCUT2D eigenvalue weighted by molar-refractivity contribution is -0.138. The van der Waals surface area contributed by atoms with Crippen LogP contribution in [-0.4, -0.2) is 12.6 Å². The van der Waals surface area contributed by atoms with Crippen molar-refractivity contribution in [3.63, 3.8) is 0 Å². The molecule has 1 saturated carbocycles. The van der Waals surface area contributed by atoms with Crippen molar-refractivity contribution in [2.75, 3.05) is 6.61 Å². The summed E-state index contributed by atoms with van der Waals surface area (Å²) in [7, 11) is 0. The molecule has 1 aliphatic carbocycles. The smallest absolute Gasteiger partial charge is 0.334 e. The van der Waals surface area contributed by atoms with E-state index in [2.05, 4.69) is 30.9 Å². The lowest BCUT2D eigenvalue weighted by Gasteiger charge is -2.26. The van der Waals surface area contributed by atoms with Crippen molar-refractivity contribution in [3.05, 3.63) is 89.5 Å². The van der Waals surface area contributed by atoms with Gasteiger partial charge in [-0.3, -0.25) is 0 Å². The molecule has 0 N–H and O–H groups in total. The fraction of sp³-hybridized carbons (Fsp3) is 0.333. The molecule has 1 aliphatic rings. The van der Waals surface area contributed by atoms with E-state index in [4.69, 9.17) is 4.74 Å². The van der Waals surface area contributed by atoms with Crippen LogP contribution < -0.4 is 0 Å². The highest BCUT2D eigenvalue weighted by Gasteiger charge is 2.28. The lowest BCUT2D eigenvalue weighted by atomic mass is 9.78. The van der Waals surface area contributed by atoms with Crippen molar-refractivity contribution in [1.29, 1.82) is 5.26 Å². The van der Waals surface area contributed by atoms with E-state index >= 15 is 0 Å². The molecule has 0 heterocycles. The topological polar surface area (TPSA) is 50.1 Å². The van der Waals surface area contributed by atoms with Gasteiger partial charge in [-0.1, -0.05) is 74.4 Å². The van der Waals surface area contributed by atoms with Crippen LogP contribution in [0.4, 0.5) is 0 Å². The van der Waals surface area contributed by atoms with Crippen LogP contribution in [0.15, 0.2) is 72.8 Å². The number of carbonyl (C=O) groups excluding carboxylic acids is 1. The third-order valence-electron chi connectivity index (χ3n) is 5.74. The summed E-state index contributed by atoms with van der Waals surface area (Å²) in [6.07, 6.45) is 8.46. The zero-order valence-electron chi connectivity index (χ0n) is 17.6.